The largest absolute Gasteiger partial charge is 0.313 e. The van der Waals surface area contributed by atoms with Crippen LogP contribution in [0.4, 0.5) is 0 Å². The van der Waals surface area contributed by atoms with Gasteiger partial charge in [-0.25, -0.2) is 0 Å². The molecule has 2 bridgehead atoms. The Labute approximate surface area is 62.2 Å². The predicted molar refractivity (Wildman–Crippen MR) is 40.7 cm³/mol. The molecule has 3 fully saturated rings. The van der Waals surface area contributed by atoms with Crippen molar-refractivity contribution in [3.05, 3.63) is 0 Å². The van der Waals surface area contributed by atoms with E-state index in [1.165, 1.54) is 25.8 Å². The topological polar surface area (TPSA) is 12.0 Å². The van der Waals surface area contributed by atoms with E-state index >= 15 is 0 Å². The number of hydrogen-bond acceptors (Lipinski definition) is 1. The smallest absolute Gasteiger partial charge is 0.0101 e. The van der Waals surface area contributed by atoms with Crippen molar-refractivity contribution in [1.29, 1.82) is 0 Å². The predicted octanol–water partition coefficient (Wildman–Crippen LogP) is 1.39. The van der Waals surface area contributed by atoms with Crippen molar-refractivity contribution in [2.75, 3.05) is 6.54 Å². The number of piperidine rings is 1. The summed E-state index contributed by atoms with van der Waals surface area (Å²) in [5.74, 6) is 3.32. The standard InChI is InChI=1S/C9H15N/c1-2-7-6-4-9(10-5-6)8(7)3-1/h6-10H,1-5H2. The molecule has 1 heterocycles. The Hall–Kier alpha value is -0.0400. The first-order valence-corrected chi connectivity index (χ1v) is 4.68. The van der Waals surface area contributed by atoms with E-state index in [1.807, 2.05) is 0 Å². The molecule has 2 aliphatic carbocycles. The molecule has 1 saturated heterocycles. The highest BCUT2D eigenvalue weighted by Gasteiger charge is 2.48. The summed E-state index contributed by atoms with van der Waals surface area (Å²) in [7, 11) is 0. The fourth-order valence-electron chi connectivity index (χ4n) is 3.55. The van der Waals surface area contributed by atoms with E-state index in [1.54, 1.807) is 6.42 Å². The lowest BCUT2D eigenvalue weighted by Gasteiger charge is -2.24. The van der Waals surface area contributed by atoms with Crippen LogP contribution >= 0.6 is 0 Å². The van der Waals surface area contributed by atoms with Gasteiger partial charge in [-0.05, 0) is 43.6 Å². The third kappa shape index (κ3) is 0.531. The Morgan fingerprint density at radius 2 is 2.00 bits per heavy atom. The zero-order valence-electron chi connectivity index (χ0n) is 6.34. The molecule has 0 amide bonds. The Kier molecular flexibility index (Phi) is 0.984. The van der Waals surface area contributed by atoms with Crippen LogP contribution in [0.1, 0.15) is 25.7 Å². The van der Waals surface area contributed by atoms with Gasteiger partial charge in [0.15, 0.2) is 0 Å². The molecular formula is C9H15N. The molecule has 3 aliphatic rings. The van der Waals surface area contributed by atoms with Crippen molar-refractivity contribution in [3.63, 3.8) is 0 Å². The van der Waals surface area contributed by atoms with Crippen molar-refractivity contribution in [2.24, 2.45) is 17.8 Å². The lowest BCUT2D eigenvalue weighted by molar-refractivity contribution is 0.283. The number of hydrogen-bond donors (Lipinski definition) is 1. The van der Waals surface area contributed by atoms with E-state index in [0.29, 0.717) is 0 Å². The van der Waals surface area contributed by atoms with Crippen LogP contribution in [0.25, 0.3) is 0 Å². The van der Waals surface area contributed by atoms with E-state index in [0.717, 1.165) is 23.8 Å². The molecule has 0 aromatic heterocycles. The normalized spacial score (nSPS) is 57.6. The molecule has 2 saturated carbocycles. The van der Waals surface area contributed by atoms with Gasteiger partial charge in [-0.1, -0.05) is 6.42 Å². The second-order valence-corrected chi connectivity index (χ2v) is 4.27. The lowest BCUT2D eigenvalue weighted by Crippen LogP contribution is -2.35. The van der Waals surface area contributed by atoms with Gasteiger partial charge in [-0.15, -0.1) is 0 Å². The summed E-state index contributed by atoms with van der Waals surface area (Å²) in [5.41, 5.74) is 0. The number of nitrogens with one attached hydrogen (secondary N) is 1. The Bertz CT molecular complexity index is 139. The summed E-state index contributed by atoms with van der Waals surface area (Å²) in [6.07, 6.45) is 6.10. The van der Waals surface area contributed by atoms with Crippen LogP contribution < -0.4 is 5.32 Å². The van der Waals surface area contributed by atoms with E-state index in [9.17, 15) is 0 Å². The fraction of sp³-hybridized carbons (Fsp3) is 1.00. The molecule has 10 heavy (non-hydrogen) atoms. The molecule has 0 aromatic rings. The van der Waals surface area contributed by atoms with E-state index in [4.69, 9.17) is 0 Å². The lowest BCUT2D eigenvalue weighted by atomic mass is 9.89. The highest BCUT2D eigenvalue weighted by molar-refractivity contribution is 5.03. The molecule has 56 valence electrons. The summed E-state index contributed by atoms with van der Waals surface area (Å²) in [5, 5.41) is 3.63. The van der Waals surface area contributed by atoms with Crippen LogP contribution in [-0.4, -0.2) is 12.6 Å². The molecule has 4 unspecified atom stereocenters. The minimum atomic E-state index is 0.942. The Morgan fingerprint density at radius 1 is 1.10 bits per heavy atom. The van der Waals surface area contributed by atoms with Gasteiger partial charge in [-0.3, -0.25) is 0 Å². The first-order chi connectivity index (χ1) is 4.95. The van der Waals surface area contributed by atoms with Crippen molar-refractivity contribution in [2.45, 2.75) is 31.7 Å². The fourth-order valence-corrected chi connectivity index (χ4v) is 3.55. The SMILES string of the molecule is C1CC2C3CNC(C3)C2C1. The maximum Gasteiger partial charge on any atom is 0.0101 e. The van der Waals surface area contributed by atoms with Crippen LogP contribution in [-0.2, 0) is 0 Å². The first kappa shape index (κ1) is 5.59. The van der Waals surface area contributed by atoms with Crippen molar-refractivity contribution < 1.29 is 0 Å². The highest BCUT2D eigenvalue weighted by Crippen LogP contribution is 2.50. The van der Waals surface area contributed by atoms with Gasteiger partial charge in [0.25, 0.3) is 0 Å². The van der Waals surface area contributed by atoms with Crippen LogP contribution in [0.3, 0.4) is 0 Å². The molecule has 0 spiro atoms. The molecular weight excluding hydrogens is 122 g/mol. The van der Waals surface area contributed by atoms with Gasteiger partial charge in [0, 0.05) is 6.04 Å². The molecule has 1 aliphatic heterocycles. The monoisotopic (exact) mass is 137 g/mol. The molecule has 1 nitrogen and oxygen atoms in total. The van der Waals surface area contributed by atoms with Gasteiger partial charge in [-0.2, -0.15) is 0 Å². The van der Waals surface area contributed by atoms with Gasteiger partial charge in [0.05, 0.1) is 0 Å². The summed E-state index contributed by atoms with van der Waals surface area (Å²) in [4.78, 5) is 0. The highest BCUT2D eigenvalue weighted by atomic mass is 15.0. The maximum atomic E-state index is 3.63. The molecule has 3 rings (SSSR count). The van der Waals surface area contributed by atoms with E-state index < -0.39 is 0 Å². The van der Waals surface area contributed by atoms with Crippen LogP contribution in [0.2, 0.25) is 0 Å². The van der Waals surface area contributed by atoms with Gasteiger partial charge in [0.1, 0.15) is 0 Å². The summed E-state index contributed by atoms with van der Waals surface area (Å²) in [6, 6.07) is 0.942. The Balaban J connectivity index is 1.92. The third-order valence-corrected chi connectivity index (χ3v) is 3.95. The number of rotatable bonds is 0. The first-order valence-electron chi connectivity index (χ1n) is 4.68. The second kappa shape index (κ2) is 1.76. The summed E-state index contributed by atoms with van der Waals surface area (Å²) >= 11 is 0. The van der Waals surface area contributed by atoms with Gasteiger partial charge < -0.3 is 5.32 Å². The maximum absolute atomic E-state index is 3.63. The molecule has 0 aromatic carbocycles. The quantitative estimate of drug-likeness (QED) is 0.532. The minimum Gasteiger partial charge on any atom is -0.313 e. The van der Waals surface area contributed by atoms with Crippen molar-refractivity contribution >= 4 is 0 Å². The molecule has 1 heteroatoms. The molecule has 4 atom stereocenters. The minimum absolute atomic E-state index is 0.942. The third-order valence-electron chi connectivity index (χ3n) is 3.95. The van der Waals surface area contributed by atoms with Gasteiger partial charge >= 0.3 is 0 Å². The van der Waals surface area contributed by atoms with Crippen LogP contribution in [0.15, 0.2) is 0 Å². The van der Waals surface area contributed by atoms with Crippen LogP contribution in [0.5, 0.6) is 0 Å². The van der Waals surface area contributed by atoms with Crippen molar-refractivity contribution in [1.82, 2.24) is 5.32 Å². The molecule has 1 N–H and O–H groups in total. The zero-order chi connectivity index (χ0) is 6.55. The summed E-state index contributed by atoms with van der Waals surface area (Å²) in [6.45, 7) is 1.34. The van der Waals surface area contributed by atoms with Crippen LogP contribution in [0, 0.1) is 17.8 Å². The summed E-state index contributed by atoms with van der Waals surface area (Å²) < 4.78 is 0. The second-order valence-electron chi connectivity index (χ2n) is 4.27. The van der Waals surface area contributed by atoms with Gasteiger partial charge in [0.2, 0.25) is 0 Å². The van der Waals surface area contributed by atoms with E-state index in [2.05, 4.69) is 5.32 Å². The van der Waals surface area contributed by atoms with E-state index in [-0.39, 0.29) is 0 Å². The Morgan fingerprint density at radius 3 is 2.90 bits per heavy atom. The molecule has 0 radical (unpaired) electrons. The number of fused-ring (bicyclic) bond motifs is 5. The average molecular weight is 137 g/mol. The zero-order valence-corrected chi connectivity index (χ0v) is 6.34. The van der Waals surface area contributed by atoms with Crippen molar-refractivity contribution in [3.8, 4) is 0 Å². The average Bonchev–Trinajstić information content (AvgIpc) is 2.60.